The number of carbonyl (C=O) groups is 1. The van der Waals surface area contributed by atoms with E-state index in [9.17, 15) is 13.2 Å². The van der Waals surface area contributed by atoms with Crippen LogP contribution in [0.15, 0.2) is 53.6 Å². The molecule has 6 nitrogen and oxygen atoms in total. The quantitative estimate of drug-likeness (QED) is 0.675. The molecule has 2 heterocycles. The van der Waals surface area contributed by atoms with E-state index >= 15 is 0 Å². The lowest BCUT2D eigenvalue weighted by molar-refractivity contribution is -0.118. The first-order chi connectivity index (χ1) is 12.8. The summed E-state index contributed by atoms with van der Waals surface area (Å²) in [7, 11) is -4.24. The molecule has 0 unspecified atom stereocenters. The number of fused-ring (bicyclic) bond motifs is 2. The predicted octanol–water partition coefficient (Wildman–Crippen LogP) is 3.52. The topological polar surface area (TPSA) is 79.6 Å². The highest BCUT2D eigenvalue weighted by Gasteiger charge is 2.26. The van der Waals surface area contributed by atoms with E-state index in [2.05, 4.69) is 0 Å². The van der Waals surface area contributed by atoms with Crippen molar-refractivity contribution in [2.75, 3.05) is 11.4 Å². The largest absolute Gasteiger partial charge is 0.347 e. The van der Waals surface area contributed by atoms with Crippen molar-refractivity contribution >= 4 is 44.2 Å². The number of nitrogens with zero attached hydrogens (tertiary/aromatic N) is 2. The van der Waals surface area contributed by atoms with Crippen LogP contribution in [-0.4, -0.2) is 30.0 Å². The maximum atomic E-state index is 12.7. The lowest BCUT2D eigenvalue weighted by Gasteiger charge is -2.18. The number of hydrogen-bond donors (Lipinski definition) is 1. The molecule has 0 atom stereocenters. The van der Waals surface area contributed by atoms with Gasteiger partial charge in [0.25, 0.3) is 10.1 Å². The Labute approximate surface area is 161 Å². The summed E-state index contributed by atoms with van der Waals surface area (Å²) in [6.45, 7) is 1.05. The van der Waals surface area contributed by atoms with Gasteiger partial charge in [0.2, 0.25) is 5.91 Å². The third-order valence-corrected chi connectivity index (χ3v) is 5.93. The summed E-state index contributed by atoms with van der Waals surface area (Å²) in [4.78, 5) is 14.2. The Morgan fingerprint density at radius 2 is 1.96 bits per heavy atom. The van der Waals surface area contributed by atoms with Crippen LogP contribution in [0.1, 0.15) is 12.0 Å². The molecule has 8 heteroatoms. The van der Waals surface area contributed by atoms with Gasteiger partial charge >= 0.3 is 0 Å². The second-order valence-corrected chi connectivity index (χ2v) is 8.38. The Morgan fingerprint density at radius 3 is 2.74 bits per heavy atom. The lowest BCUT2D eigenvalue weighted by Crippen LogP contribution is -2.29. The van der Waals surface area contributed by atoms with Gasteiger partial charge in [-0.25, -0.2) is 0 Å². The van der Waals surface area contributed by atoms with Crippen LogP contribution < -0.4 is 4.90 Å². The average molecular weight is 405 g/mol. The summed E-state index contributed by atoms with van der Waals surface area (Å²) < 4.78 is 33.7. The highest BCUT2D eigenvalue weighted by Crippen LogP contribution is 2.31. The summed E-state index contributed by atoms with van der Waals surface area (Å²) in [6.07, 6.45) is 2.83. The normalized spacial score (nSPS) is 13.9. The molecule has 4 rings (SSSR count). The van der Waals surface area contributed by atoms with Gasteiger partial charge in [0.1, 0.15) is 0 Å². The molecule has 0 spiro atoms. The Kier molecular flexibility index (Phi) is 4.46. The molecule has 2 aromatic carbocycles. The Morgan fingerprint density at radius 1 is 1.15 bits per heavy atom. The maximum absolute atomic E-state index is 12.7. The molecular weight excluding hydrogens is 388 g/mol. The third kappa shape index (κ3) is 3.45. The zero-order valence-corrected chi connectivity index (χ0v) is 15.9. The number of halogens is 1. The number of carbonyl (C=O) groups excluding carboxylic acids is 1. The van der Waals surface area contributed by atoms with Gasteiger partial charge in [0.15, 0.2) is 0 Å². The summed E-state index contributed by atoms with van der Waals surface area (Å²) in [5.74, 6) is -0.0239. The van der Waals surface area contributed by atoms with E-state index in [-0.39, 0.29) is 10.8 Å². The molecule has 1 aliphatic rings. The van der Waals surface area contributed by atoms with Crippen molar-refractivity contribution in [1.82, 2.24) is 4.57 Å². The van der Waals surface area contributed by atoms with Crippen LogP contribution in [0.4, 0.5) is 5.69 Å². The number of benzene rings is 2. The summed E-state index contributed by atoms with van der Waals surface area (Å²) in [5, 5.41) is 1.70. The molecule has 1 aromatic heterocycles. The molecule has 0 saturated carbocycles. The van der Waals surface area contributed by atoms with E-state index in [0.717, 1.165) is 16.5 Å². The fourth-order valence-electron chi connectivity index (χ4n) is 3.51. The van der Waals surface area contributed by atoms with Crippen molar-refractivity contribution < 1.29 is 17.8 Å². The van der Waals surface area contributed by atoms with Crippen LogP contribution >= 0.6 is 11.6 Å². The highest BCUT2D eigenvalue weighted by molar-refractivity contribution is 7.85. The van der Waals surface area contributed by atoms with Crippen LogP contribution in [0.3, 0.4) is 0 Å². The Hall–Kier alpha value is -2.35. The first-order valence-corrected chi connectivity index (χ1v) is 10.3. The number of rotatable bonds is 4. The molecule has 3 aromatic rings. The standard InChI is InChI=1S/C19H17ClN2O4S/c20-15-1-3-17-13(11-15)5-8-21(17)9-7-19(23)22-10-6-14-12-16(27(24,25)26)2-4-18(14)22/h1-5,8,11-12H,6-7,9-10H2,(H,24,25,26). The number of anilines is 1. The highest BCUT2D eigenvalue weighted by atomic mass is 35.5. The van der Waals surface area contributed by atoms with E-state index < -0.39 is 10.1 Å². The van der Waals surface area contributed by atoms with Crippen molar-refractivity contribution in [2.45, 2.75) is 24.3 Å². The second kappa shape index (κ2) is 6.67. The molecule has 140 valence electrons. The van der Waals surface area contributed by atoms with E-state index in [1.165, 1.54) is 12.1 Å². The molecule has 27 heavy (non-hydrogen) atoms. The minimum Gasteiger partial charge on any atom is -0.347 e. The van der Waals surface area contributed by atoms with Crippen molar-refractivity contribution in [2.24, 2.45) is 0 Å². The zero-order chi connectivity index (χ0) is 19.2. The fraction of sp³-hybridized carbons (Fsp3) is 0.211. The monoisotopic (exact) mass is 404 g/mol. The predicted molar refractivity (Wildman–Crippen MR) is 104 cm³/mol. The first kappa shape index (κ1) is 18.0. The molecular formula is C19H17ClN2O4S. The number of aromatic nitrogens is 1. The molecule has 0 bridgehead atoms. The molecule has 0 radical (unpaired) electrons. The van der Waals surface area contributed by atoms with Crippen molar-refractivity contribution in [3.05, 3.63) is 59.2 Å². The fourth-order valence-corrected chi connectivity index (χ4v) is 4.23. The third-order valence-electron chi connectivity index (χ3n) is 4.85. The second-order valence-electron chi connectivity index (χ2n) is 6.52. The minimum atomic E-state index is -4.24. The SMILES string of the molecule is O=C(CCn1ccc2cc(Cl)ccc21)N1CCc2cc(S(=O)(=O)O)ccc21. The van der Waals surface area contributed by atoms with Crippen molar-refractivity contribution in [3.8, 4) is 0 Å². The van der Waals surface area contributed by atoms with Crippen molar-refractivity contribution in [3.63, 3.8) is 0 Å². The van der Waals surface area contributed by atoms with E-state index in [1.807, 2.05) is 35.0 Å². The molecule has 1 aliphatic heterocycles. The Bertz CT molecular complexity index is 1150. The molecule has 0 aliphatic carbocycles. The van der Waals surface area contributed by atoms with E-state index in [1.54, 1.807) is 11.0 Å². The first-order valence-electron chi connectivity index (χ1n) is 8.48. The number of hydrogen-bond acceptors (Lipinski definition) is 3. The Balaban J connectivity index is 1.50. The summed E-state index contributed by atoms with van der Waals surface area (Å²) >= 11 is 6.01. The smallest absolute Gasteiger partial charge is 0.294 e. The number of amides is 1. The molecule has 1 N–H and O–H groups in total. The maximum Gasteiger partial charge on any atom is 0.294 e. The van der Waals surface area contributed by atoms with Gasteiger partial charge in [-0.2, -0.15) is 8.42 Å². The summed E-state index contributed by atoms with van der Waals surface area (Å²) in [6, 6.07) is 11.9. The van der Waals surface area contributed by atoms with Gasteiger partial charge in [0.05, 0.1) is 4.90 Å². The van der Waals surface area contributed by atoms with Gasteiger partial charge in [-0.05, 0) is 54.4 Å². The zero-order valence-electron chi connectivity index (χ0n) is 14.3. The van der Waals surface area contributed by atoms with Crippen LogP contribution in [0.5, 0.6) is 0 Å². The van der Waals surface area contributed by atoms with Crippen LogP contribution in [-0.2, 0) is 27.9 Å². The molecule has 0 saturated heterocycles. The van der Waals surface area contributed by atoms with Gasteiger partial charge < -0.3 is 9.47 Å². The van der Waals surface area contributed by atoms with Crippen LogP contribution in [0, 0.1) is 0 Å². The molecule has 1 amide bonds. The van der Waals surface area contributed by atoms with E-state index in [0.29, 0.717) is 36.6 Å². The van der Waals surface area contributed by atoms with Gasteiger partial charge in [-0.3, -0.25) is 9.35 Å². The summed E-state index contributed by atoms with van der Waals surface area (Å²) in [5.41, 5.74) is 2.47. The number of aryl methyl sites for hydroxylation is 1. The van der Waals surface area contributed by atoms with Gasteiger partial charge in [-0.15, -0.1) is 0 Å². The van der Waals surface area contributed by atoms with Gasteiger partial charge in [-0.1, -0.05) is 11.6 Å². The molecule has 0 fully saturated rings. The minimum absolute atomic E-state index is 0.0239. The average Bonchev–Trinajstić information content (AvgIpc) is 3.21. The van der Waals surface area contributed by atoms with Gasteiger partial charge in [0, 0.05) is 47.3 Å². The van der Waals surface area contributed by atoms with Crippen LogP contribution in [0.2, 0.25) is 5.02 Å². The lowest BCUT2D eigenvalue weighted by atomic mass is 10.2. The van der Waals surface area contributed by atoms with Crippen molar-refractivity contribution in [1.29, 1.82) is 0 Å². The van der Waals surface area contributed by atoms with E-state index in [4.69, 9.17) is 16.2 Å². The van der Waals surface area contributed by atoms with Crippen LogP contribution in [0.25, 0.3) is 10.9 Å².